The molecular weight excluding hydrogens is 2550 g/mol. The van der Waals surface area contributed by atoms with Gasteiger partial charge >= 0.3 is 17.9 Å². The van der Waals surface area contributed by atoms with E-state index in [9.17, 15) is 44.3 Å². The van der Waals surface area contributed by atoms with Crippen LogP contribution in [-0.4, -0.2) is 108 Å². The number of benzene rings is 5. The molecule has 0 bridgehead atoms. The topological polar surface area (TPSA) is 225 Å². The maximum Gasteiger partial charge on any atom is 0.321 e. The van der Waals surface area contributed by atoms with Gasteiger partial charge in [0.15, 0.2) is 17.2 Å². The first-order valence-corrected chi connectivity index (χ1v) is 42.4. The van der Waals surface area contributed by atoms with Crippen LogP contribution < -0.4 is 30.2 Å². The highest BCUT2D eigenvalue weighted by Gasteiger charge is 2.43. The Morgan fingerprint density at radius 2 is 0.846 bits per heavy atom. The summed E-state index contributed by atoms with van der Waals surface area (Å²) >= 11 is 26.0. The highest BCUT2D eigenvalue weighted by Crippen LogP contribution is 2.49. The monoisotopic (exact) mass is 2620 g/mol. The first-order chi connectivity index (χ1) is 43.1. The fourth-order valence-corrected chi connectivity index (χ4v) is 23.2. The van der Waals surface area contributed by atoms with Crippen molar-refractivity contribution in [3.05, 3.63) is 135 Å². The van der Waals surface area contributed by atoms with Crippen LogP contribution in [0.15, 0.2) is 82.2 Å². The van der Waals surface area contributed by atoms with Crippen molar-refractivity contribution < 1.29 is 64.3 Å². The van der Waals surface area contributed by atoms with Crippen molar-refractivity contribution in [2.24, 2.45) is 17.8 Å². The third kappa shape index (κ3) is 26.6. The van der Waals surface area contributed by atoms with E-state index in [0.717, 1.165) is 73.2 Å². The minimum absolute atomic E-state index is 0.0365. The number of carbonyl (C=O) groups is 3. The van der Waals surface area contributed by atoms with Gasteiger partial charge in [-0.15, -0.1) is 0 Å². The lowest BCUT2D eigenvalue weighted by Gasteiger charge is -2.44. The standard InChI is InChI=1S/C27H37I4NO4Si.C17H17I4NO4.C17H15I4NO4.CH3F/c1-8-32-23(26(34)36-37-27(14(2)3,15(4)5)16(6)7)11-17-9-21(30)25(22(31)10-17)35-18-12-19(28)24(33)20(29)13-18;2*1-2-22-14(17(24)25)5-8-3-12(20)16(13(21)4-8)26-9-6-10(18)15(23)11(19)7-9;1-2/h9-10,12-16,23,32-33H,8,11,37H2,1-7H3;3-4,6-7,10,14-15,22-23H,2,5H2,1H3,(H,24,25);3-4,6-7,14,22-23H,2,5H2,1H3,(H,24,25);1H3/i;;;1D. The zero-order valence-corrected chi connectivity index (χ0v) is 78.0. The second kappa shape index (κ2) is 42.9. The van der Waals surface area contributed by atoms with Crippen LogP contribution in [0.1, 0.15) is 80.4 Å². The van der Waals surface area contributed by atoms with Gasteiger partial charge in [0, 0.05) is 8.62 Å². The van der Waals surface area contributed by atoms with Crippen LogP contribution in [0.2, 0.25) is 5.04 Å². The number of ether oxygens (including phenoxy) is 3. The summed E-state index contributed by atoms with van der Waals surface area (Å²) in [4.78, 5) is 36.0. The highest BCUT2D eigenvalue weighted by molar-refractivity contribution is 14.1. The van der Waals surface area contributed by atoms with E-state index in [0.29, 0.717) is 73.9 Å². The molecule has 5 unspecified atom stereocenters. The summed E-state index contributed by atoms with van der Waals surface area (Å²) in [6.45, 7) is 21.3. The summed E-state index contributed by atoms with van der Waals surface area (Å²) in [5.41, 5.74) is 2.95. The molecule has 0 aliphatic heterocycles. The number of rotatable bonds is 26. The summed E-state index contributed by atoms with van der Waals surface area (Å²) in [6.07, 6.45) is 4.62. The molecule has 0 saturated carbocycles. The average molecular weight is 2620 g/mol. The molecule has 0 fully saturated rings. The molecule has 5 atom stereocenters. The van der Waals surface area contributed by atoms with E-state index in [-0.39, 0.29) is 32.5 Å². The Kier molecular flexibility index (Phi) is 40.1. The molecule has 0 radical (unpaired) electrons. The largest absolute Gasteiger partial charge is 0.523 e. The summed E-state index contributed by atoms with van der Waals surface area (Å²) < 4.78 is 49.3. The minimum Gasteiger partial charge on any atom is -0.523 e. The van der Waals surface area contributed by atoms with Crippen LogP contribution in [0.5, 0.6) is 40.2 Å². The van der Waals surface area contributed by atoms with Crippen LogP contribution in [0.3, 0.4) is 0 Å². The van der Waals surface area contributed by atoms with Crippen molar-refractivity contribution in [3.63, 3.8) is 0 Å². The Balaban J connectivity index is 0.000000360. The van der Waals surface area contributed by atoms with Gasteiger partial charge in [-0.1, -0.05) is 84.9 Å². The van der Waals surface area contributed by atoms with E-state index < -0.39 is 47.0 Å². The highest BCUT2D eigenvalue weighted by atomic mass is 127. The Labute approximate surface area is 701 Å². The van der Waals surface area contributed by atoms with Crippen molar-refractivity contribution in [2.75, 3.05) is 26.8 Å². The quantitative estimate of drug-likeness (QED) is 0.0146. The van der Waals surface area contributed by atoms with Crippen molar-refractivity contribution in [3.8, 4) is 40.2 Å². The van der Waals surface area contributed by atoms with Crippen LogP contribution >= 0.6 is 271 Å². The predicted molar refractivity (Wildman–Crippen MR) is 465 cm³/mol. The number of hydrogen-bond acceptors (Lipinski definition) is 13. The van der Waals surface area contributed by atoms with E-state index in [1.54, 1.807) is 12.1 Å². The van der Waals surface area contributed by atoms with Crippen LogP contribution in [0.25, 0.3) is 0 Å². The summed E-state index contributed by atoms with van der Waals surface area (Å²) in [5.74, 6) is 4.33. The lowest BCUT2D eigenvalue weighted by molar-refractivity contribution is -0.140. The molecule has 0 heterocycles. The van der Waals surface area contributed by atoms with Crippen molar-refractivity contribution in [2.45, 2.75) is 115 Å². The summed E-state index contributed by atoms with van der Waals surface area (Å²) in [5, 5.41) is 58.0. The number of carboxylic acids is 2. The van der Waals surface area contributed by atoms with E-state index in [2.05, 4.69) is 341 Å². The molecule has 15 nitrogen and oxygen atoms in total. The number of allylic oxidation sites excluding steroid dienone is 1. The SMILES string of the molecule is CCNC(Cc1cc(I)c(OC2=CC(I)C(O)C(I)=C2)c(I)c1)C(=O)O.CCNC(Cc1cc(I)c(Oc2cc(I)c(O)c(I)c2)c(I)c1)C(=O)O.CCNC(Cc1cc(I)c(Oc2cc(I)c(O)c(I)c2)c(I)c1)C(=O)O[SiH2]C(C(C)C)(C(C)C)C(C)C.[2H]CF. The number of alkyl halides is 2. The third-order valence-corrected chi connectivity index (χ3v) is 27.7. The van der Waals surface area contributed by atoms with Crippen LogP contribution in [-0.2, 0) is 38.1 Å². The fourth-order valence-electron chi connectivity index (χ4n) is 9.75. The molecule has 5 aromatic rings. The number of aromatic hydroxyl groups is 2. The van der Waals surface area contributed by atoms with E-state index in [4.69, 9.17) is 20.0 Å². The van der Waals surface area contributed by atoms with Gasteiger partial charge in [0.25, 0.3) is 0 Å². The summed E-state index contributed by atoms with van der Waals surface area (Å²) in [7, 11) is -2.12. The second-order valence-electron chi connectivity index (χ2n) is 21.2. The zero-order valence-electron chi connectivity index (χ0n) is 51.7. The molecule has 0 saturated heterocycles. The first-order valence-electron chi connectivity index (χ1n) is 28.7. The van der Waals surface area contributed by atoms with Crippen molar-refractivity contribution in [1.29, 1.82) is 0 Å². The molecule has 29 heteroatoms. The predicted octanol–water partition coefficient (Wildman–Crippen LogP) is 17.9. The molecule has 1 aliphatic rings. The minimum atomic E-state index is -1.12. The lowest BCUT2D eigenvalue weighted by atomic mass is 9.76. The van der Waals surface area contributed by atoms with Gasteiger partial charge in [0.2, 0.25) is 9.76 Å². The zero-order chi connectivity index (χ0) is 69.6. The van der Waals surface area contributed by atoms with Crippen molar-refractivity contribution in [1.82, 2.24) is 16.0 Å². The maximum atomic E-state index is 13.3. The number of hydrogen-bond donors (Lipinski definition) is 8. The molecule has 91 heavy (non-hydrogen) atoms. The second-order valence-corrected chi connectivity index (χ2v) is 37.3. The first kappa shape index (κ1) is 85.1. The van der Waals surface area contributed by atoms with Crippen LogP contribution in [0, 0.1) is 53.5 Å². The molecule has 5 aromatic carbocycles. The smallest absolute Gasteiger partial charge is 0.321 e. The average Bonchev–Trinajstić information content (AvgIpc) is 0.990. The molecule has 0 aromatic heterocycles. The van der Waals surface area contributed by atoms with E-state index >= 15 is 0 Å². The molecule has 0 spiro atoms. The number of carboxylic acid groups (broad SMARTS) is 2. The van der Waals surface area contributed by atoms with E-state index in [1.807, 2.05) is 69.3 Å². The number of carbonyl (C=O) groups excluding carboxylic acids is 1. The van der Waals surface area contributed by atoms with Gasteiger partial charge in [-0.3, -0.25) is 18.8 Å². The van der Waals surface area contributed by atoms with Gasteiger partial charge in [-0.25, -0.2) is 0 Å². The van der Waals surface area contributed by atoms with Gasteiger partial charge in [-0.05, 0) is 395 Å². The normalized spacial score (nSPS) is 15.0. The number of aliphatic hydroxyl groups excluding tert-OH is 1. The van der Waals surface area contributed by atoms with Gasteiger partial charge in [0.1, 0.15) is 53.0 Å². The Hall–Kier alpha value is 1.74. The number of nitrogens with one attached hydrogen (secondary N) is 3. The number of likely N-dealkylation sites (N-methyl/N-ethyl adjacent to an activating group) is 3. The number of halogens is 13. The molecule has 8 N–H and O–H groups in total. The van der Waals surface area contributed by atoms with Crippen LogP contribution in [0.4, 0.5) is 4.39 Å². The fraction of sp³-hybridized carbons (Fsp3) is 0.403. The molecule has 0 amide bonds. The van der Waals surface area contributed by atoms with Gasteiger partial charge in [-0.2, -0.15) is 0 Å². The molecule has 502 valence electrons. The number of aliphatic carboxylic acids is 2. The summed E-state index contributed by atoms with van der Waals surface area (Å²) in [6, 6.07) is 17.6. The van der Waals surface area contributed by atoms with Crippen molar-refractivity contribution >= 4 is 299 Å². The number of phenolic OH excluding ortho intramolecular Hbond substituents is 2. The molecule has 1 aliphatic carbocycles. The van der Waals surface area contributed by atoms with Gasteiger partial charge < -0.3 is 60.1 Å². The Morgan fingerprint density at radius 1 is 0.549 bits per heavy atom. The Bertz CT molecular complexity index is 3250. The Morgan fingerprint density at radius 3 is 1.13 bits per heavy atom. The third-order valence-electron chi connectivity index (χ3n) is 14.2. The molecular formula is C62H72FI12N3O12Si. The van der Waals surface area contributed by atoms with Gasteiger partial charge in [0.05, 0.1) is 48.2 Å². The molecule has 6 rings (SSSR count). The number of phenols is 2. The number of aliphatic hydroxyl groups is 1. The maximum absolute atomic E-state index is 13.3. The van der Waals surface area contributed by atoms with E-state index in [1.165, 1.54) is 0 Å². The lowest BCUT2D eigenvalue weighted by Crippen LogP contribution is -2.44.